The van der Waals surface area contributed by atoms with E-state index in [1.54, 1.807) is 0 Å². The van der Waals surface area contributed by atoms with Gasteiger partial charge in [0.05, 0.1) is 17.9 Å². The molecule has 30 valence electrons. The number of hydrogen-bond donors (Lipinski definition) is 0. The van der Waals surface area contributed by atoms with Crippen molar-refractivity contribution in [2.75, 3.05) is 0 Å². The summed E-state index contributed by atoms with van der Waals surface area (Å²) in [6.45, 7) is 0. The monoisotopic (exact) mass is 79.1 g/mol. The minimum atomic E-state index is 0.977. The molecule has 0 heteroatoms. The summed E-state index contributed by atoms with van der Waals surface area (Å²) in [6, 6.07) is 0. The van der Waals surface area contributed by atoms with Gasteiger partial charge in [0, 0.05) is 12.5 Å². The predicted molar refractivity (Wildman–Crippen MR) is 25.0 cm³/mol. The molecule has 2 unspecified atom stereocenters. The van der Waals surface area contributed by atoms with Crippen LogP contribution in [0.15, 0.2) is 12.2 Å². The highest BCUT2D eigenvalue weighted by atomic mass is 14.4. The maximum Gasteiger partial charge on any atom is 0.0901 e. The number of hydrogen-bond acceptors (Lipinski definition) is 0. The molecule has 0 aromatic heterocycles. The van der Waals surface area contributed by atoms with Gasteiger partial charge in [-0.15, -0.1) is 0 Å². The molecule has 0 saturated heterocycles. The highest BCUT2D eigenvalue weighted by molar-refractivity contribution is 5.21. The van der Waals surface area contributed by atoms with Gasteiger partial charge in [0.2, 0.25) is 0 Å². The fourth-order valence-electron chi connectivity index (χ4n) is 1.03. The van der Waals surface area contributed by atoms with Crippen molar-refractivity contribution in [3.8, 4) is 0 Å². The van der Waals surface area contributed by atoms with Gasteiger partial charge in [-0.2, -0.15) is 0 Å². The molecule has 0 nitrogen and oxygen atoms in total. The van der Waals surface area contributed by atoms with Crippen LogP contribution in [0.25, 0.3) is 0 Å². The zero-order valence-electron chi connectivity index (χ0n) is 3.59. The van der Waals surface area contributed by atoms with Crippen molar-refractivity contribution in [1.82, 2.24) is 0 Å². The molecule has 2 atom stereocenters. The van der Waals surface area contributed by atoms with E-state index in [2.05, 4.69) is 18.6 Å². The lowest BCUT2D eigenvalue weighted by Gasteiger charge is -1.62. The normalized spacial score (nSPS) is 48.0. The van der Waals surface area contributed by atoms with E-state index in [0.29, 0.717) is 0 Å². The lowest BCUT2D eigenvalue weighted by Crippen LogP contribution is -1.63. The van der Waals surface area contributed by atoms with Gasteiger partial charge in [-0.1, -0.05) is 0 Å². The van der Waals surface area contributed by atoms with Crippen molar-refractivity contribution in [2.45, 2.75) is 6.42 Å². The van der Waals surface area contributed by atoms with Crippen molar-refractivity contribution in [3.63, 3.8) is 0 Å². The largest absolute Gasteiger partial charge is 0.0901 e. The molecule has 0 aliphatic heterocycles. The van der Waals surface area contributed by atoms with E-state index in [9.17, 15) is 0 Å². The molecule has 1 saturated carbocycles. The Morgan fingerprint density at radius 1 is 1.67 bits per heavy atom. The van der Waals surface area contributed by atoms with Crippen LogP contribution < -0.4 is 0 Å². The maximum atomic E-state index is 2.30. The molecule has 2 aliphatic carbocycles. The molecule has 2 rings (SSSR count). The first kappa shape index (κ1) is 2.73. The van der Waals surface area contributed by atoms with E-state index in [-0.39, 0.29) is 0 Å². The average Bonchev–Trinajstić information content (AvgIpc) is 2.17. The highest BCUT2D eigenvalue weighted by Crippen LogP contribution is 2.46. The second-order valence-corrected chi connectivity index (χ2v) is 2.14. The summed E-state index contributed by atoms with van der Waals surface area (Å²) in [6.07, 6.45) is 8.21. The Morgan fingerprint density at radius 2 is 2.67 bits per heavy atom. The van der Waals surface area contributed by atoms with E-state index >= 15 is 0 Å². The molecular formula is C6H7+. The van der Waals surface area contributed by atoms with Gasteiger partial charge in [0.15, 0.2) is 0 Å². The van der Waals surface area contributed by atoms with Gasteiger partial charge < -0.3 is 0 Å². The summed E-state index contributed by atoms with van der Waals surface area (Å²) in [5.74, 6) is 1.95. The van der Waals surface area contributed by atoms with Crippen LogP contribution in [0.1, 0.15) is 6.42 Å². The van der Waals surface area contributed by atoms with E-state index < -0.39 is 0 Å². The third kappa shape index (κ3) is 0.182. The van der Waals surface area contributed by atoms with Crippen molar-refractivity contribution < 1.29 is 0 Å². The van der Waals surface area contributed by atoms with Crippen LogP contribution in [-0.4, -0.2) is 0 Å². The number of allylic oxidation sites excluding steroid dienone is 2. The quantitative estimate of drug-likeness (QED) is 0.385. The topological polar surface area (TPSA) is 0 Å². The Labute approximate surface area is 37.9 Å². The fourth-order valence-corrected chi connectivity index (χ4v) is 1.03. The standard InChI is InChI=1S/C6H7/c1-2-5-4-6(5)3-1/h1-3,5-6H,4H2/q+1. The van der Waals surface area contributed by atoms with Gasteiger partial charge in [-0.25, -0.2) is 0 Å². The smallest absolute Gasteiger partial charge is 0.000159 e. The molecule has 6 heavy (non-hydrogen) atoms. The first-order valence-electron chi connectivity index (χ1n) is 2.48. The summed E-state index contributed by atoms with van der Waals surface area (Å²) in [4.78, 5) is 0. The Kier molecular flexibility index (Phi) is 0.296. The molecule has 0 aromatic rings. The molecule has 0 spiro atoms. The van der Waals surface area contributed by atoms with Crippen LogP contribution >= 0.6 is 0 Å². The van der Waals surface area contributed by atoms with E-state index in [4.69, 9.17) is 0 Å². The lowest BCUT2D eigenvalue weighted by molar-refractivity contribution is 0.999. The Balaban J connectivity index is 2.26. The summed E-state index contributed by atoms with van der Waals surface area (Å²) < 4.78 is 0. The van der Waals surface area contributed by atoms with Gasteiger partial charge in [-0.05, 0) is 6.42 Å². The fraction of sp³-hybridized carbons (Fsp3) is 0.500. The molecule has 0 aromatic carbocycles. The van der Waals surface area contributed by atoms with Crippen LogP contribution in [-0.2, 0) is 0 Å². The minimum absolute atomic E-state index is 0.977. The van der Waals surface area contributed by atoms with Crippen molar-refractivity contribution in [1.29, 1.82) is 0 Å². The van der Waals surface area contributed by atoms with E-state index in [0.717, 1.165) is 11.8 Å². The summed E-state index contributed by atoms with van der Waals surface area (Å²) in [7, 11) is 0. The molecule has 0 amide bonds. The second-order valence-electron chi connectivity index (χ2n) is 2.14. The molecule has 0 N–H and O–H groups in total. The number of fused-ring (bicyclic) bond motifs is 1. The molecule has 1 fully saturated rings. The lowest BCUT2D eigenvalue weighted by atomic mass is 10.3. The first-order chi connectivity index (χ1) is 2.97. The Bertz CT molecular complexity index is 92.2. The summed E-state index contributed by atoms with van der Waals surface area (Å²) in [5, 5.41) is 0. The van der Waals surface area contributed by atoms with Crippen molar-refractivity contribution in [2.24, 2.45) is 11.8 Å². The summed E-state index contributed by atoms with van der Waals surface area (Å²) >= 11 is 0. The van der Waals surface area contributed by atoms with Crippen LogP contribution in [0.4, 0.5) is 0 Å². The SMILES string of the molecule is C1=CC2CC2[CH+]1. The third-order valence-corrected chi connectivity index (χ3v) is 1.61. The van der Waals surface area contributed by atoms with Crippen molar-refractivity contribution >= 4 is 0 Å². The maximum absolute atomic E-state index is 2.30. The highest BCUT2D eigenvalue weighted by Gasteiger charge is 2.45. The molecule has 2 aliphatic rings. The Hall–Kier alpha value is -0.390. The molecule has 0 radical (unpaired) electrons. The Morgan fingerprint density at radius 3 is 2.83 bits per heavy atom. The van der Waals surface area contributed by atoms with Crippen LogP contribution in [0, 0.1) is 18.3 Å². The molecule has 0 bridgehead atoms. The predicted octanol–water partition coefficient (Wildman–Crippen LogP) is 1.40. The summed E-state index contributed by atoms with van der Waals surface area (Å²) in [5.41, 5.74) is 0. The van der Waals surface area contributed by atoms with Gasteiger partial charge in [0.1, 0.15) is 0 Å². The average molecular weight is 79.1 g/mol. The first-order valence-corrected chi connectivity index (χ1v) is 2.48. The van der Waals surface area contributed by atoms with Crippen LogP contribution in [0.5, 0.6) is 0 Å². The zero-order valence-corrected chi connectivity index (χ0v) is 3.59. The zero-order chi connectivity index (χ0) is 3.98. The van der Waals surface area contributed by atoms with E-state index in [1.165, 1.54) is 6.42 Å². The number of rotatable bonds is 0. The van der Waals surface area contributed by atoms with E-state index in [1.807, 2.05) is 0 Å². The third-order valence-electron chi connectivity index (χ3n) is 1.61. The molecular weight excluding hydrogens is 72.1 g/mol. The van der Waals surface area contributed by atoms with Gasteiger partial charge in [0.25, 0.3) is 0 Å². The van der Waals surface area contributed by atoms with Gasteiger partial charge >= 0.3 is 0 Å². The van der Waals surface area contributed by atoms with Crippen LogP contribution in [0.2, 0.25) is 0 Å². The van der Waals surface area contributed by atoms with Crippen molar-refractivity contribution in [3.05, 3.63) is 18.6 Å². The van der Waals surface area contributed by atoms with Gasteiger partial charge in [-0.3, -0.25) is 0 Å². The molecule has 0 heterocycles. The second kappa shape index (κ2) is 0.651. The van der Waals surface area contributed by atoms with Crippen LogP contribution in [0.3, 0.4) is 0 Å². The minimum Gasteiger partial charge on any atom is -0.000159 e.